The first kappa shape index (κ1) is 24.0. The van der Waals surface area contributed by atoms with Crippen molar-refractivity contribution < 1.29 is 27.6 Å². The number of nitrogens with two attached hydrogens (primary N) is 1. The van der Waals surface area contributed by atoms with Crippen LogP contribution < -0.4 is 10.5 Å². The fourth-order valence-corrected chi connectivity index (χ4v) is 4.36. The monoisotopic (exact) mass is 487 g/mol. The third-order valence-electron chi connectivity index (χ3n) is 5.72. The average molecular weight is 488 g/mol. The molecule has 1 aromatic carbocycles. The molecule has 1 aliphatic rings. The van der Waals surface area contributed by atoms with E-state index >= 15 is 0 Å². The molecule has 0 unspecified atom stereocenters. The van der Waals surface area contributed by atoms with Crippen molar-refractivity contribution in [3.63, 3.8) is 0 Å². The van der Waals surface area contributed by atoms with Gasteiger partial charge in [0, 0.05) is 30.2 Å². The number of ketones is 1. The van der Waals surface area contributed by atoms with E-state index in [4.69, 9.17) is 5.14 Å². The third kappa shape index (κ3) is 5.66. The molecule has 0 aliphatic heterocycles. The standard InChI is InChI=1S/C22H25N5O6S/c23-34(31,32)33-13-15-10-19(22(30)20(15)28)25-17-6-8-24-11-16(17)21(29)18-7-9-27(26-18)12-14-4-2-1-3-5-14/h1-9,11,15,19-20,22,28,30H,10,12-13H2,(H,24,25)(H2,23,31,32)/t15-,19-,20-,22+/m1/s1. The zero-order chi connectivity index (χ0) is 24.3. The lowest BCUT2D eigenvalue weighted by atomic mass is 10.1. The van der Waals surface area contributed by atoms with Crippen molar-refractivity contribution in [3.05, 3.63) is 77.9 Å². The molecule has 0 saturated heterocycles. The number of anilines is 1. The summed E-state index contributed by atoms with van der Waals surface area (Å²) in [4.78, 5) is 17.2. The second kappa shape index (κ2) is 9.99. The number of hydrogen-bond donors (Lipinski definition) is 4. The number of aromatic nitrogens is 3. The molecule has 3 aromatic rings. The normalized spacial score (nSPS) is 22.6. The number of carbonyl (C=O) groups excluding carboxylic acids is 1. The Morgan fingerprint density at radius 3 is 2.68 bits per heavy atom. The number of rotatable bonds is 9. The minimum Gasteiger partial charge on any atom is -0.390 e. The summed E-state index contributed by atoms with van der Waals surface area (Å²) in [5, 5.41) is 33.0. The van der Waals surface area contributed by atoms with Crippen LogP contribution in [0.5, 0.6) is 0 Å². The fourth-order valence-electron chi connectivity index (χ4n) is 4.00. The van der Waals surface area contributed by atoms with Gasteiger partial charge in [0.25, 0.3) is 0 Å². The first-order chi connectivity index (χ1) is 16.2. The number of hydrogen-bond acceptors (Lipinski definition) is 9. The summed E-state index contributed by atoms with van der Waals surface area (Å²) < 4.78 is 28.3. The van der Waals surface area contributed by atoms with Gasteiger partial charge >= 0.3 is 10.3 Å². The Kier molecular flexibility index (Phi) is 7.05. The Morgan fingerprint density at radius 2 is 1.94 bits per heavy atom. The van der Waals surface area contributed by atoms with Gasteiger partial charge in [0.15, 0.2) is 0 Å². The summed E-state index contributed by atoms with van der Waals surface area (Å²) in [7, 11) is -4.17. The molecule has 0 radical (unpaired) electrons. The van der Waals surface area contributed by atoms with Gasteiger partial charge in [-0.25, -0.2) is 5.14 Å². The third-order valence-corrected chi connectivity index (χ3v) is 6.18. The van der Waals surface area contributed by atoms with E-state index in [2.05, 4.69) is 19.6 Å². The molecule has 11 nitrogen and oxygen atoms in total. The van der Waals surface area contributed by atoms with Gasteiger partial charge in [0.05, 0.1) is 30.9 Å². The highest BCUT2D eigenvalue weighted by atomic mass is 32.2. The number of benzene rings is 1. The van der Waals surface area contributed by atoms with Crippen molar-refractivity contribution in [1.82, 2.24) is 14.8 Å². The maximum Gasteiger partial charge on any atom is 0.333 e. The van der Waals surface area contributed by atoms with Crippen molar-refractivity contribution in [2.24, 2.45) is 11.1 Å². The lowest BCUT2D eigenvalue weighted by molar-refractivity contribution is 0.00781. The number of pyridine rings is 1. The molecular weight excluding hydrogens is 462 g/mol. The SMILES string of the molecule is NS(=O)(=O)OC[C@H]1C[C@@H](Nc2ccncc2C(=O)c2ccn(Cc3ccccc3)n2)[C@H](O)[C@@H]1O. The Morgan fingerprint density at radius 1 is 1.18 bits per heavy atom. The predicted octanol–water partition coefficient (Wildman–Crippen LogP) is 0.300. The molecule has 34 heavy (non-hydrogen) atoms. The first-order valence-electron chi connectivity index (χ1n) is 10.6. The molecule has 180 valence electrons. The van der Waals surface area contributed by atoms with Crippen LogP contribution in [0.3, 0.4) is 0 Å². The van der Waals surface area contributed by atoms with E-state index in [1.807, 2.05) is 30.3 Å². The molecule has 12 heteroatoms. The molecule has 2 aromatic heterocycles. The Labute approximate surface area is 196 Å². The lowest BCUT2D eigenvalue weighted by Crippen LogP contribution is -2.36. The molecular formula is C22H25N5O6S. The number of nitrogens with zero attached hydrogens (tertiary/aromatic N) is 3. The summed E-state index contributed by atoms with van der Waals surface area (Å²) in [6.45, 7) is 0.149. The van der Waals surface area contributed by atoms with Gasteiger partial charge in [0.2, 0.25) is 5.78 Å². The van der Waals surface area contributed by atoms with E-state index < -0.39 is 34.5 Å². The second-order valence-electron chi connectivity index (χ2n) is 8.14. The fraction of sp³-hybridized carbons (Fsp3) is 0.318. The largest absolute Gasteiger partial charge is 0.390 e. The Hall–Kier alpha value is -3.16. The zero-order valence-electron chi connectivity index (χ0n) is 18.1. The molecule has 1 aliphatic carbocycles. The molecule has 4 atom stereocenters. The first-order valence-corrected chi connectivity index (χ1v) is 12.0. The highest BCUT2D eigenvalue weighted by molar-refractivity contribution is 7.84. The second-order valence-corrected chi connectivity index (χ2v) is 9.36. The number of aliphatic hydroxyl groups is 2. The van der Waals surface area contributed by atoms with Gasteiger partial charge in [-0.05, 0) is 24.1 Å². The predicted molar refractivity (Wildman–Crippen MR) is 122 cm³/mol. The number of carbonyl (C=O) groups is 1. The van der Waals surface area contributed by atoms with Crippen LogP contribution in [0.15, 0.2) is 61.1 Å². The highest BCUT2D eigenvalue weighted by Crippen LogP contribution is 2.31. The average Bonchev–Trinajstić information content (AvgIpc) is 3.38. The van der Waals surface area contributed by atoms with E-state index in [0.29, 0.717) is 12.2 Å². The van der Waals surface area contributed by atoms with Crippen LogP contribution in [-0.2, 0) is 21.0 Å². The van der Waals surface area contributed by atoms with Crippen LogP contribution in [-0.4, -0.2) is 64.0 Å². The van der Waals surface area contributed by atoms with E-state index in [-0.39, 0.29) is 30.1 Å². The summed E-state index contributed by atoms with van der Waals surface area (Å²) in [6, 6.07) is 12.3. The van der Waals surface area contributed by atoms with Crippen LogP contribution in [0.4, 0.5) is 5.69 Å². The topological polar surface area (TPSA) is 170 Å². The van der Waals surface area contributed by atoms with Gasteiger partial charge in [-0.1, -0.05) is 30.3 Å². The maximum absolute atomic E-state index is 13.2. The van der Waals surface area contributed by atoms with E-state index in [1.165, 1.54) is 12.4 Å². The molecule has 4 rings (SSSR count). The summed E-state index contributed by atoms with van der Waals surface area (Å²) >= 11 is 0. The van der Waals surface area contributed by atoms with Crippen LogP contribution in [0.2, 0.25) is 0 Å². The Bertz CT molecular complexity index is 1250. The van der Waals surface area contributed by atoms with Gasteiger partial charge in [0.1, 0.15) is 11.8 Å². The summed E-state index contributed by atoms with van der Waals surface area (Å²) in [5.41, 5.74) is 1.93. The highest BCUT2D eigenvalue weighted by Gasteiger charge is 2.42. The maximum atomic E-state index is 13.2. The van der Waals surface area contributed by atoms with Crippen molar-refractivity contribution in [2.45, 2.75) is 31.2 Å². The molecule has 0 spiro atoms. The van der Waals surface area contributed by atoms with Crippen molar-refractivity contribution in [1.29, 1.82) is 0 Å². The summed E-state index contributed by atoms with van der Waals surface area (Å²) in [6.07, 6.45) is 2.37. The summed E-state index contributed by atoms with van der Waals surface area (Å²) in [5.74, 6) is -1.02. The van der Waals surface area contributed by atoms with Crippen LogP contribution >= 0.6 is 0 Å². The van der Waals surface area contributed by atoms with Crippen LogP contribution in [0.25, 0.3) is 0 Å². The lowest BCUT2D eigenvalue weighted by Gasteiger charge is -2.20. The molecule has 5 N–H and O–H groups in total. The minimum absolute atomic E-state index is 0.194. The molecule has 0 amide bonds. The smallest absolute Gasteiger partial charge is 0.333 e. The van der Waals surface area contributed by atoms with Gasteiger partial charge in [-0.15, -0.1) is 0 Å². The van der Waals surface area contributed by atoms with Gasteiger partial charge in [-0.2, -0.15) is 13.5 Å². The Balaban J connectivity index is 1.47. The van der Waals surface area contributed by atoms with E-state index in [0.717, 1.165) is 5.56 Å². The molecule has 1 fully saturated rings. The molecule has 1 saturated carbocycles. The van der Waals surface area contributed by atoms with E-state index in [9.17, 15) is 23.4 Å². The number of nitrogens with one attached hydrogen (secondary N) is 1. The van der Waals surface area contributed by atoms with Crippen LogP contribution in [0, 0.1) is 5.92 Å². The van der Waals surface area contributed by atoms with Crippen molar-refractivity contribution in [3.8, 4) is 0 Å². The van der Waals surface area contributed by atoms with Crippen molar-refractivity contribution >= 4 is 21.8 Å². The molecule has 2 heterocycles. The van der Waals surface area contributed by atoms with E-state index in [1.54, 1.807) is 23.0 Å². The van der Waals surface area contributed by atoms with Gasteiger partial charge < -0.3 is 15.5 Å². The van der Waals surface area contributed by atoms with Crippen LogP contribution in [0.1, 0.15) is 28.0 Å². The quantitative estimate of drug-likeness (QED) is 0.310. The van der Waals surface area contributed by atoms with Gasteiger partial charge in [-0.3, -0.25) is 18.6 Å². The zero-order valence-corrected chi connectivity index (χ0v) is 18.9. The molecule has 0 bridgehead atoms. The number of aliphatic hydroxyl groups excluding tert-OH is 2. The van der Waals surface area contributed by atoms with Crippen molar-refractivity contribution in [2.75, 3.05) is 11.9 Å². The minimum atomic E-state index is -4.17.